The average Bonchev–Trinajstić information content (AvgIpc) is 3.47. The number of amides is 1. The Morgan fingerprint density at radius 1 is 1.00 bits per heavy atom. The molecule has 1 aliphatic heterocycles. The first-order chi connectivity index (χ1) is 17.2. The van der Waals surface area contributed by atoms with Gasteiger partial charge in [0.15, 0.2) is 5.78 Å². The fraction of sp³-hybridized carbons (Fsp3) is 0.793. The summed E-state index contributed by atoms with van der Waals surface area (Å²) >= 11 is 0. The third kappa shape index (κ3) is 4.20. The van der Waals surface area contributed by atoms with E-state index < -0.39 is 6.04 Å². The van der Waals surface area contributed by atoms with Gasteiger partial charge in [0, 0.05) is 24.8 Å². The zero-order valence-electron chi connectivity index (χ0n) is 22.1. The van der Waals surface area contributed by atoms with Crippen LogP contribution in [0.4, 0.5) is 0 Å². The smallest absolute Gasteiger partial charge is 0.328 e. The maximum Gasteiger partial charge on any atom is 0.328 e. The van der Waals surface area contributed by atoms with Crippen LogP contribution in [-0.4, -0.2) is 54.3 Å². The summed E-state index contributed by atoms with van der Waals surface area (Å²) in [7, 11) is 1.34. The lowest BCUT2D eigenvalue weighted by molar-refractivity contribution is -0.161. The van der Waals surface area contributed by atoms with E-state index in [9.17, 15) is 19.2 Å². The summed E-state index contributed by atoms with van der Waals surface area (Å²) in [5.74, 6) is 1.19. The minimum atomic E-state index is -0.529. The number of carbonyl (C=O) groups is 4. The number of nitrogens with zero attached hydrogens (tertiary/aromatic N) is 1. The number of ether oxygens (including phenoxy) is 2. The molecule has 7 atom stereocenters. The summed E-state index contributed by atoms with van der Waals surface area (Å²) in [4.78, 5) is 51.1. The van der Waals surface area contributed by atoms with E-state index in [-0.39, 0.29) is 47.6 Å². The molecule has 5 unspecified atom stereocenters. The summed E-state index contributed by atoms with van der Waals surface area (Å²) in [6, 6.07) is -0.529. The fourth-order valence-electron chi connectivity index (χ4n) is 8.72. The molecule has 36 heavy (non-hydrogen) atoms. The third-order valence-corrected chi connectivity index (χ3v) is 10.7. The monoisotopic (exact) mass is 499 g/mol. The molecule has 5 aliphatic rings. The lowest BCUT2D eigenvalue weighted by Gasteiger charge is -2.57. The van der Waals surface area contributed by atoms with E-state index in [1.165, 1.54) is 12.7 Å². The standard InChI is InChI=1S/C29H41NO6/c1-28-14-12-19(31)17-18(28)6-7-20-21-8-9-24(29(21,2)15-13-22(20)28)36-26(33)11-10-25(32)30-16-4-5-23(30)27(34)35-3/h17,20-24H,4-16H2,1-3H3/t20?,21?,22?,23?,24?,28-,29-/m0/s1. The van der Waals surface area contributed by atoms with E-state index in [2.05, 4.69) is 13.8 Å². The molecule has 1 amide bonds. The summed E-state index contributed by atoms with van der Waals surface area (Å²) in [6.45, 7) is 5.23. The van der Waals surface area contributed by atoms with Gasteiger partial charge in [0.25, 0.3) is 0 Å². The van der Waals surface area contributed by atoms with Crippen LogP contribution < -0.4 is 0 Å². The van der Waals surface area contributed by atoms with Crippen LogP contribution in [-0.2, 0) is 28.7 Å². The molecule has 7 heteroatoms. The van der Waals surface area contributed by atoms with Crippen molar-refractivity contribution < 1.29 is 28.7 Å². The molecule has 0 aromatic carbocycles. The summed E-state index contributed by atoms with van der Waals surface area (Å²) in [6.07, 6.45) is 11.3. The van der Waals surface area contributed by atoms with Crippen molar-refractivity contribution in [3.05, 3.63) is 11.6 Å². The summed E-state index contributed by atoms with van der Waals surface area (Å²) in [5, 5.41) is 0. The molecule has 198 valence electrons. The quantitative estimate of drug-likeness (QED) is 0.522. The van der Waals surface area contributed by atoms with Crippen molar-refractivity contribution in [2.75, 3.05) is 13.7 Å². The number of allylic oxidation sites excluding steroid dienone is 1. The first kappa shape index (κ1) is 25.5. The van der Waals surface area contributed by atoms with Crippen LogP contribution in [0.15, 0.2) is 11.6 Å². The maximum atomic E-state index is 12.8. The van der Waals surface area contributed by atoms with Gasteiger partial charge in [0.05, 0.1) is 13.5 Å². The fourth-order valence-corrected chi connectivity index (χ4v) is 8.72. The van der Waals surface area contributed by atoms with Crippen LogP contribution in [0.3, 0.4) is 0 Å². The molecule has 0 aromatic rings. The molecule has 5 rings (SSSR count). The van der Waals surface area contributed by atoms with Gasteiger partial charge in [-0.1, -0.05) is 19.4 Å². The lowest BCUT2D eigenvalue weighted by Crippen LogP contribution is -2.51. The van der Waals surface area contributed by atoms with Gasteiger partial charge in [-0.3, -0.25) is 14.4 Å². The van der Waals surface area contributed by atoms with E-state index in [0.717, 1.165) is 51.4 Å². The van der Waals surface area contributed by atoms with Gasteiger partial charge < -0.3 is 14.4 Å². The van der Waals surface area contributed by atoms with Gasteiger partial charge in [-0.05, 0) is 87.0 Å². The Morgan fingerprint density at radius 3 is 2.58 bits per heavy atom. The van der Waals surface area contributed by atoms with E-state index in [0.29, 0.717) is 42.9 Å². The van der Waals surface area contributed by atoms with Crippen molar-refractivity contribution in [1.29, 1.82) is 0 Å². The zero-order chi connectivity index (χ0) is 25.7. The molecule has 0 bridgehead atoms. The third-order valence-electron chi connectivity index (χ3n) is 10.7. The largest absolute Gasteiger partial charge is 0.467 e. The second-order valence-electron chi connectivity index (χ2n) is 12.3. The number of methoxy groups -OCH3 is 1. The second-order valence-corrected chi connectivity index (χ2v) is 12.3. The SMILES string of the molecule is COC(=O)C1CCCN1C(=O)CCC(=O)OC1CCC2C3CCC4=CC(=O)CC[C@]4(C)C3CC[C@]12C. The van der Waals surface area contributed by atoms with Crippen LogP contribution >= 0.6 is 0 Å². The molecule has 0 radical (unpaired) electrons. The Morgan fingerprint density at radius 2 is 1.81 bits per heavy atom. The van der Waals surface area contributed by atoms with Crippen molar-refractivity contribution >= 4 is 23.6 Å². The molecular formula is C29H41NO6. The maximum absolute atomic E-state index is 12.8. The van der Waals surface area contributed by atoms with E-state index in [1.54, 1.807) is 4.90 Å². The van der Waals surface area contributed by atoms with E-state index in [4.69, 9.17) is 9.47 Å². The number of fused-ring (bicyclic) bond motifs is 5. The van der Waals surface area contributed by atoms with Crippen LogP contribution in [0, 0.1) is 28.6 Å². The number of carbonyl (C=O) groups excluding carboxylic acids is 4. The number of rotatable bonds is 5. The number of hydrogen-bond acceptors (Lipinski definition) is 6. The predicted octanol–water partition coefficient (Wildman–Crippen LogP) is 4.37. The highest BCUT2D eigenvalue weighted by Crippen LogP contribution is 2.65. The van der Waals surface area contributed by atoms with Gasteiger partial charge in [-0.25, -0.2) is 4.79 Å². The highest BCUT2D eigenvalue weighted by molar-refractivity contribution is 5.91. The molecule has 1 heterocycles. The Hall–Kier alpha value is -2.18. The molecule has 4 fully saturated rings. The first-order valence-corrected chi connectivity index (χ1v) is 14.0. The molecule has 0 spiro atoms. The molecular weight excluding hydrogens is 458 g/mol. The van der Waals surface area contributed by atoms with Gasteiger partial charge >= 0.3 is 11.9 Å². The minimum absolute atomic E-state index is 0.0200. The van der Waals surface area contributed by atoms with Gasteiger partial charge in [0.1, 0.15) is 12.1 Å². The highest BCUT2D eigenvalue weighted by Gasteiger charge is 2.60. The summed E-state index contributed by atoms with van der Waals surface area (Å²) < 4.78 is 10.9. The zero-order valence-corrected chi connectivity index (χ0v) is 22.1. The van der Waals surface area contributed by atoms with Crippen molar-refractivity contribution in [3.8, 4) is 0 Å². The topological polar surface area (TPSA) is 90.0 Å². The number of ketones is 1. The van der Waals surface area contributed by atoms with Crippen molar-refractivity contribution in [2.45, 2.75) is 103 Å². The van der Waals surface area contributed by atoms with Gasteiger partial charge in [0.2, 0.25) is 5.91 Å². The van der Waals surface area contributed by atoms with Gasteiger partial charge in [-0.2, -0.15) is 0 Å². The van der Waals surface area contributed by atoms with Crippen LogP contribution in [0.2, 0.25) is 0 Å². The number of hydrogen-bond donors (Lipinski definition) is 0. The molecule has 3 saturated carbocycles. The number of likely N-dealkylation sites (tertiary alicyclic amines) is 1. The Kier molecular flexibility index (Phi) is 6.80. The average molecular weight is 500 g/mol. The molecule has 7 nitrogen and oxygen atoms in total. The van der Waals surface area contributed by atoms with Crippen LogP contribution in [0.25, 0.3) is 0 Å². The predicted molar refractivity (Wildman–Crippen MR) is 133 cm³/mol. The van der Waals surface area contributed by atoms with Gasteiger partial charge in [-0.15, -0.1) is 0 Å². The van der Waals surface area contributed by atoms with Crippen LogP contribution in [0.5, 0.6) is 0 Å². The van der Waals surface area contributed by atoms with Crippen molar-refractivity contribution in [1.82, 2.24) is 4.90 Å². The highest BCUT2D eigenvalue weighted by atomic mass is 16.5. The Balaban J connectivity index is 1.19. The number of esters is 2. The molecule has 4 aliphatic carbocycles. The Labute approximate surface area is 214 Å². The second kappa shape index (κ2) is 9.60. The molecule has 0 aromatic heterocycles. The first-order valence-electron chi connectivity index (χ1n) is 14.0. The van der Waals surface area contributed by atoms with E-state index in [1.807, 2.05) is 6.08 Å². The van der Waals surface area contributed by atoms with Crippen molar-refractivity contribution in [3.63, 3.8) is 0 Å². The molecule has 0 N–H and O–H groups in total. The minimum Gasteiger partial charge on any atom is -0.467 e. The summed E-state index contributed by atoms with van der Waals surface area (Å²) in [5.41, 5.74) is 1.50. The lowest BCUT2D eigenvalue weighted by atomic mass is 9.47. The Bertz CT molecular complexity index is 973. The van der Waals surface area contributed by atoms with Crippen molar-refractivity contribution in [2.24, 2.45) is 28.6 Å². The van der Waals surface area contributed by atoms with E-state index >= 15 is 0 Å². The van der Waals surface area contributed by atoms with Crippen LogP contribution in [0.1, 0.15) is 90.9 Å². The molecule has 1 saturated heterocycles. The normalized spacial score (nSPS) is 39.5.